The lowest BCUT2D eigenvalue weighted by molar-refractivity contribution is -0.127. The van der Waals surface area contributed by atoms with Gasteiger partial charge in [-0.1, -0.05) is 0 Å². The van der Waals surface area contributed by atoms with Crippen LogP contribution in [0.2, 0.25) is 0 Å². The molecule has 2 heterocycles. The number of rotatable bonds is 6. The minimum atomic E-state index is -0.775. The number of piperidine rings is 1. The highest BCUT2D eigenvalue weighted by atomic mass is 16.6. The minimum Gasteiger partial charge on any atom is -0.444 e. The Morgan fingerprint density at radius 2 is 1.93 bits per heavy atom. The highest BCUT2D eigenvalue weighted by Gasteiger charge is 2.34. The number of amides is 2. The summed E-state index contributed by atoms with van der Waals surface area (Å²) in [6.07, 6.45) is 7.47. The second-order valence-corrected chi connectivity index (χ2v) is 9.47. The van der Waals surface area contributed by atoms with Gasteiger partial charge in [0.2, 0.25) is 5.91 Å². The number of likely N-dealkylation sites (tertiary alicyclic amines) is 1. The molecule has 0 radical (unpaired) electrons. The number of carbonyl (C=O) groups is 2. The van der Waals surface area contributed by atoms with Gasteiger partial charge in [-0.25, -0.2) is 4.79 Å². The van der Waals surface area contributed by atoms with Crippen LogP contribution >= 0.6 is 0 Å². The molecule has 0 unspecified atom stereocenters. The van der Waals surface area contributed by atoms with Crippen LogP contribution in [0, 0.1) is 5.92 Å². The molecule has 2 fully saturated rings. The van der Waals surface area contributed by atoms with Gasteiger partial charge in [0.25, 0.3) is 0 Å². The lowest BCUT2D eigenvalue weighted by Gasteiger charge is -2.34. The van der Waals surface area contributed by atoms with Crippen molar-refractivity contribution in [2.24, 2.45) is 13.0 Å². The number of likely N-dealkylation sites (N-methyl/N-ethyl adjacent to an activating group) is 1. The van der Waals surface area contributed by atoms with E-state index < -0.39 is 17.7 Å². The molecule has 2 aliphatic rings. The van der Waals surface area contributed by atoms with E-state index in [2.05, 4.69) is 15.3 Å². The molecule has 3 rings (SSSR count). The van der Waals surface area contributed by atoms with Gasteiger partial charge in [-0.3, -0.25) is 14.4 Å². The zero-order valence-electron chi connectivity index (χ0n) is 18.4. The van der Waals surface area contributed by atoms with Gasteiger partial charge in [0.1, 0.15) is 11.6 Å². The second-order valence-electron chi connectivity index (χ2n) is 9.47. The second kappa shape index (κ2) is 8.73. The van der Waals surface area contributed by atoms with E-state index in [1.54, 1.807) is 31.2 Å². The molecule has 1 aliphatic carbocycles. The molecule has 8 nitrogen and oxygen atoms in total. The zero-order valence-corrected chi connectivity index (χ0v) is 18.4. The van der Waals surface area contributed by atoms with Gasteiger partial charge in [-0.2, -0.15) is 5.10 Å². The first-order valence-electron chi connectivity index (χ1n) is 10.6. The Hall–Kier alpha value is -2.09. The lowest BCUT2D eigenvalue weighted by Crippen LogP contribution is -2.49. The van der Waals surface area contributed by atoms with Gasteiger partial charge in [0, 0.05) is 51.5 Å². The summed E-state index contributed by atoms with van der Waals surface area (Å²) < 4.78 is 7.11. The van der Waals surface area contributed by atoms with Crippen molar-refractivity contribution in [2.45, 2.75) is 64.1 Å². The van der Waals surface area contributed by atoms with Crippen LogP contribution in [-0.4, -0.2) is 69.9 Å². The Labute approximate surface area is 173 Å². The third-order valence-electron chi connectivity index (χ3n) is 5.50. The molecule has 0 spiro atoms. The van der Waals surface area contributed by atoms with E-state index in [9.17, 15) is 9.59 Å². The molecular weight excluding hydrogens is 370 g/mol. The molecule has 1 aliphatic heterocycles. The molecule has 1 aromatic heterocycles. The van der Waals surface area contributed by atoms with Gasteiger partial charge in [-0.05, 0) is 52.4 Å². The minimum absolute atomic E-state index is 0.129. The van der Waals surface area contributed by atoms with E-state index in [0.717, 1.165) is 31.8 Å². The molecule has 8 heteroatoms. The van der Waals surface area contributed by atoms with E-state index >= 15 is 0 Å². The molecule has 1 aromatic rings. The molecule has 2 amide bonds. The van der Waals surface area contributed by atoms with E-state index in [0.29, 0.717) is 5.56 Å². The van der Waals surface area contributed by atoms with Gasteiger partial charge < -0.3 is 15.0 Å². The molecule has 29 heavy (non-hydrogen) atoms. The van der Waals surface area contributed by atoms with Crippen LogP contribution in [0.3, 0.4) is 0 Å². The van der Waals surface area contributed by atoms with E-state index in [1.165, 1.54) is 24.3 Å². The van der Waals surface area contributed by atoms with Crippen LogP contribution in [-0.2, 0) is 16.6 Å². The fraction of sp³-hybridized carbons (Fsp3) is 0.762. The van der Waals surface area contributed by atoms with Crippen molar-refractivity contribution < 1.29 is 14.3 Å². The van der Waals surface area contributed by atoms with Gasteiger partial charge in [0.15, 0.2) is 0 Å². The van der Waals surface area contributed by atoms with Gasteiger partial charge in [-0.15, -0.1) is 0 Å². The predicted molar refractivity (Wildman–Crippen MR) is 110 cm³/mol. The molecular formula is C21H35N5O3. The number of carbonyl (C=O) groups excluding carboxylic acids is 2. The average Bonchev–Trinajstić information content (AvgIpc) is 3.34. The summed E-state index contributed by atoms with van der Waals surface area (Å²) in [4.78, 5) is 29.7. The highest BCUT2D eigenvalue weighted by molar-refractivity contribution is 5.87. The Balaban J connectivity index is 1.64. The number of aryl methyl sites for hydroxylation is 1. The number of nitrogens with one attached hydrogen (secondary N) is 1. The summed E-state index contributed by atoms with van der Waals surface area (Å²) >= 11 is 0. The Morgan fingerprint density at radius 1 is 1.28 bits per heavy atom. The first-order chi connectivity index (χ1) is 13.6. The van der Waals surface area contributed by atoms with Crippen molar-refractivity contribution in [1.29, 1.82) is 0 Å². The van der Waals surface area contributed by atoms with Crippen molar-refractivity contribution in [2.75, 3.05) is 26.7 Å². The fourth-order valence-corrected chi connectivity index (χ4v) is 3.78. The van der Waals surface area contributed by atoms with Crippen LogP contribution in [0.15, 0.2) is 12.4 Å². The Bertz CT molecular complexity index is 714. The maximum absolute atomic E-state index is 13.2. The molecule has 1 saturated heterocycles. The number of aromatic nitrogens is 2. The smallest absolute Gasteiger partial charge is 0.410 e. The van der Waals surface area contributed by atoms with E-state index in [-0.39, 0.29) is 11.9 Å². The molecule has 1 N–H and O–H groups in total. The molecule has 1 saturated carbocycles. The lowest BCUT2D eigenvalue weighted by atomic mass is 10.0. The van der Waals surface area contributed by atoms with Crippen molar-refractivity contribution in [1.82, 2.24) is 24.9 Å². The van der Waals surface area contributed by atoms with Crippen molar-refractivity contribution in [3.05, 3.63) is 18.0 Å². The monoisotopic (exact) mass is 405 g/mol. The standard InChI is InChI=1S/C21H35N5O3/c1-21(2,3)29-20(28)25(5)18(16-12-22-24(4)14-16)19(27)23-17-8-10-26(11-9-17)13-15-6-7-15/h12,14-15,17-18H,6-11,13H2,1-5H3,(H,23,27)/t18-/m0/s1. The first kappa shape index (κ1) is 21.6. The third kappa shape index (κ3) is 6.19. The topological polar surface area (TPSA) is 79.7 Å². The molecule has 0 aromatic carbocycles. The molecule has 162 valence electrons. The van der Waals surface area contributed by atoms with Crippen LogP contribution < -0.4 is 5.32 Å². The van der Waals surface area contributed by atoms with E-state index in [1.807, 2.05) is 20.8 Å². The normalized spacial score (nSPS) is 19.6. The van der Waals surface area contributed by atoms with Gasteiger partial charge >= 0.3 is 6.09 Å². The highest BCUT2D eigenvalue weighted by Crippen LogP contribution is 2.30. The maximum Gasteiger partial charge on any atom is 0.410 e. The van der Waals surface area contributed by atoms with Crippen LogP contribution in [0.5, 0.6) is 0 Å². The summed E-state index contributed by atoms with van der Waals surface area (Å²) in [5, 5.41) is 7.34. The maximum atomic E-state index is 13.2. The largest absolute Gasteiger partial charge is 0.444 e. The number of hydrogen-bond acceptors (Lipinski definition) is 5. The third-order valence-corrected chi connectivity index (χ3v) is 5.50. The first-order valence-corrected chi connectivity index (χ1v) is 10.6. The fourth-order valence-electron chi connectivity index (χ4n) is 3.78. The number of hydrogen-bond donors (Lipinski definition) is 1. The Kier molecular flexibility index (Phi) is 6.51. The van der Waals surface area contributed by atoms with Crippen molar-refractivity contribution in [3.63, 3.8) is 0 Å². The summed E-state index contributed by atoms with van der Waals surface area (Å²) in [5.41, 5.74) is 0.0416. The van der Waals surface area contributed by atoms with E-state index in [4.69, 9.17) is 4.74 Å². The molecule has 1 atom stereocenters. The number of nitrogens with zero attached hydrogens (tertiary/aromatic N) is 4. The van der Waals surface area contributed by atoms with Crippen LogP contribution in [0.1, 0.15) is 58.1 Å². The van der Waals surface area contributed by atoms with Crippen LogP contribution in [0.4, 0.5) is 4.79 Å². The zero-order chi connectivity index (χ0) is 21.2. The summed E-state index contributed by atoms with van der Waals surface area (Å²) in [6, 6.07) is -0.646. The number of ether oxygens (including phenoxy) is 1. The van der Waals surface area contributed by atoms with Crippen LogP contribution in [0.25, 0.3) is 0 Å². The molecule has 0 bridgehead atoms. The quantitative estimate of drug-likeness (QED) is 0.786. The predicted octanol–water partition coefficient (Wildman–Crippen LogP) is 2.32. The summed E-state index contributed by atoms with van der Waals surface area (Å²) in [6.45, 7) is 8.66. The average molecular weight is 406 g/mol. The summed E-state index contributed by atoms with van der Waals surface area (Å²) in [5.74, 6) is 0.700. The van der Waals surface area contributed by atoms with Gasteiger partial charge in [0.05, 0.1) is 6.20 Å². The SMILES string of the molecule is CN(C(=O)OC(C)(C)C)[C@H](C(=O)NC1CCN(CC2CC2)CC1)c1cnn(C)c1. The summed E-state index contributed by atoms with van der Waals surface area (Å²) in [7, 11) is 3.39. The van der Waals surface area contributed by atoms with Crippen molar-refractivity contribution in [3.8, 4) is 0 Å². The Morgan fingerprint density at radius 3 is 2.45 bits per heavy atom. The van der Waals surface area contributed by atoms with Crippen molar-refractivity contribution >= 4 is 12.0 Å².